The maximum absolute atomic E-state index is 5.91. The van der Waals surface area contributed by atoms with E-state index in [9.17, 15) is 0 Å². The number of anilines is 1. The van der Waals surface area contributed by atoms with E-state index in [1.54, 1.807) is 0 Å². The summed E-state index contributed by atoms with van der Waals surface area (Å²) in [5.74, 6) is 0. The van der Waals surface area contributed by atoms with E-state index in [-0.39, 0.29) is 6.04 Å². The Hall–Kier alpha value is -1.02. The zero-order valence-corrected chi connectivity index (χ0v) is 13.4. The highest BCUT2D eigenvalue weighted by Crippen LogP contribution is 2.30. The second-order valence-electron chi connectivity index (χ2n) is 6.43. The minimum absolute atomic E-state index is 0.239. The summed E-state index contributed by atoms with van der Waals surface area (Å²) >= 11 is 0. The molecule has 2 rings (SSSR count). The van der Waals surface area contributed by atoms with Crippen LogP contribution in [0.5, 0.6) is 0 Å². The van der Waals surface area contributed by atoms with Gasteiger partial charge in [-0.25, -0.2) is 0 Å². The molecule has 2 N–H and O–H groups in total. The fourth-order valence-electron chi connectivity index (χ4n) is 3.49. The number of aryl methyl sites for hydroxylation is 1. The SMILES string of the molecule is CCCC1CCCCN1c1ccc(CC(C)N)cc1C. The minimum Gasteiger partial charge on any atom is -0.368 e. The van der Waals surface area contributed by atoms with Gasteiger partial charge >= 0.3 is 0 Å². The first-order valence-corrected chi connectivity index (χ1v) is 8.23. The molecule has 0 bridgehead atoms. The Kier molecular flexibility index (Phi) is 5.47. The van der Waals surface area contributed by atoms with Crippen molar-refractivity contribution >= 4 is 5.69 Å². The molecule has 2 atom stereocenters. The molecule has 112 valence electrons. The topological polar surface area (TPSA) is 29.3 Å². The molecule has 0 aromatic heterocycles. The Morgan fingerprint density at radius 2 is 2.15 bits per heavy atom. The zero-order valence-electron chi connectivity index (χ0n) is 13.4. The summed E-state index contributed by atoms with van der Waals surface area (Å²) in [6.45, 7) is 7.84. The lowest BCUT2D eigenvalue weighted by Crippen LogP contribution is -2.39. The van der Waals surface area contributed by atoms with E-state index in [0.29, 0.717) is 0 Å². The van der Waals surface area contributed by atoms with Gasteiger partial charge in [-0.1, -0.05) is 25.5 Å². The average molecular weight is 274 g/mol. The first-order chi connectivity index (χ1) is 9.61. The molecule has 2 unspecified atom stereocenters. The molecule has 1 aromatic rings. The van der Waals surface area contributed by atoms with E-state index >= 15 is 0 Å². The van der Waals surface area contributed by atoms with Crippen molar-refractivity contribution in [2.75, 3.05) is 11.4 Å². The smallest absolute Gasteiger partial charge is 0.0398 e. The Morgan fingerprint density at radius 3 is 2.80 bits per heavy atom. The second kappa shape index (κ2) is 7.12. The van der Waals surface area contributed by atoms with Gasteiger partial charge < -0.3 is 10.6 Å². The molecular formula is C18H30N2. The van der Waals surface area contributed by atoms with Crippen molar-refractivity contribution in [3.8, 4) is 0 Å². The Labute approximate surface area is 124 Å². The van der Waals surface area contributed by atoms with Crippen LogP contribution in [0.2, 0.25) is 0 Å². The van der Waals surface area contributed by atoms with Crippen LogP contribution < -0.4 is 10.6 Å². The largest absolute Gasteiger partial charge is 0.368 e. The molecule has 20 heavy (non-hydrogen) atoms. The number of hydrogen-bond donors (Lipinski definition) is 1. The molecule has 1 heterocycles. The molecule has 2 heteroatoms. The Balaban J connectivity index is 2.18. The molecule has 2 nitrogen and oxygen atoms in total. The maximum Gasteiger partial charge on any atom is 0.0398 e. The van der Waals surface area contributed by atoms with Crippen molar-refractivity contribution in [3.63, 3.8) is 0 Å². The summed E-state index contributed by atoms with van der Waals surface area (Å²) in [6, 6.07) is 7.90. The average Bonchev–Trinajstić information content (AvgIpc) is 2.40. The van der Waals surface area contributed by atoms with Gasteiger partial charge in [0.05, 0.1) is 0 Å². The quantitative estimate of drug-likeness (QED) is 0.878. The minimum atomic E-state index is 0.239. The summed E-state index contributed by atoms with van der Waals surface area (Å²) in [4.78, 5) is 2.65. The molecule has 1 aliphatic rings. The fraction of sp³-hybridized carbons (Fsp3) is 0.667. The van der Waals surface area contributed by atoms with Crippen LogP contribution in [-0.4, -0.2) is 18.6 Å². The predicted octanol–water partition coefficient (Wildman–Crippen LogP) is 4.04. The van der Waals surface area contributed by atoms with Gasteiger partial charge in [0.25, 0.3) is 0 Å². The summed E-state index contributed by atoms with van der Waals surface area (Å²) in [5, 5.41) is 0. The summed E-state index contributed by atoms with van der Waals surface area (Å²) in [5.41, 5.74) is 10.1. The Bertz CT molecular complexity index is 423. The van der Waals surface area contributed by atoms with E-state index in [2.05, 4.69) is 43.9 Å². The monoisotopic (exact) mass is 274 g/mol. The number of rotatable bonds is 5. The van der Waals surface area contributed by atoms with Gasteiger partial charge in [-0.3, -0.25) is 0 Å². The highest BCUT2D eigenvalue weighted by atomic mass is 15.2. The number of nitrogens with zero attached hydrogens (tertiary/aromatic N) is 1. The van der Waals surface area contributed by atoms with E-state index in [4.69, 9.17) is 5.73 Å². The number of benzene rings is 1. The number of hydrogen-bond acceptors (Lipinski definition) is 2. The van der Waals surface area contributed by atoms with Crippen molar-refractivity contribution in [1.29, 1.82) is 0 Å². The van der Waals surface area contributed by atoms with Crippen LogP contribution in [0.4, 0.5) is 5.69 Å². The fourth-order valence-corrected chi connectivity index (χ4v) is 3.49. The molecule has 0 saturated carbocycles. The third-order valence-corrected chi connectivity index (χ3v) is 4.38. The molecule has 1 aliphatic heterocycles. The zero-order chi connectivity index (χ0) is 14.5. The lowest BCUT2D eigenvalue weighted by molar-refractivity contribution is 0.434. The van der Waals surface area contributed by atoms with Crippen LogP contribution >= 0.6 is 0 Å². The molecule has 1 fully saturated rings. The lowest BCUT2D eigenvalue weighted by Gasteiger charge is -2.38. The number of nitrogens with two attached hydrogens (primary N) is 1. The van der Waals surface area contributed by atoms with Gasteiger partial charge in [-0.05, 0) is 63.1 Å². The standard InChI is InChI=1S/C18H30N2/c1-4-7-17-8-5-6-11-20(17)18-10-9-16(12-14(18)2)13-15(3)19/h9-10,12,15,17H,4-8,11,13,19H2,1-3H3. The summed E-state index contributed by atoms with van der Waals surface area (Å²) in [6.07, 6.45) is 7.66. The van der Waals surface area contributed by atoms with E-state index < -0.39 is 0 Å². The van der Waals surface area contributed by atoms with Crippen LogP contribution in [0, 0.1) is 6.92 Å². The van der Waals surface area contributed by atoms with Gasteiger partial charge in [-0.15, -0.1) is 0 Å². The summed E-state index contributed by atoms with van der Waals surface area (Å²) in [7, 11) is 0. The van der Waals surface area contributed by atoms with Crippen LogP contribution in [0.15, 0.2) is 18.2 Å². The van der Waals surface area contributed by atoms with Crippen molar-refractivity contribution in [1.82, 2.24) is 0 Å². The molecule has 0 aliphatic carbocycles. The molecular weight excluding hydrogens is 244 g/mol. The highest BCUT2D eigenvalue weighted by Gasteiger charge is 2.22. The van der Waals surface area contributed by atoms with Gasteiger partial charge in [0.2, 0.25) is 0 Å². The van der Waals surface area contributed by atoms with Gasteiger partial charge in [-0.2, -0.15) is 0 Å². The van der Waals surface area contributed by atoms with Gasteiger partial charge in [0.15, 0.2) is 0 Å². The normalized spacial score (nSPS) is 21.0. The second-order valence-corrected chi connectivity index (χ2v) is 6.43. The highest BCUT2D eigenvalue weighted by molar-refractivity contribution is 5.55. The van der Waals surface area contributed by atoms with E-state index in [1.165, 1.54) is 55.5 Å². The summed E-state index contributed by atoms with van der Waals surface area (Å²) < 4.78 is 0. The lowest BCUT2D eigenvalue weighted by atomic mass is 9.95. The Morgan fingerprint density at radius 1 is 1.35 bits per heavy atom. The molecule has 0 radical (unpaired) electrons. The predicted molar refractivity (Wildman–Crippen MR) is 88.4 cm³/mol. The van der Waals surface area contributed by atoms with Crippen LogP contribution in [-0.2, 0) is 6.42 Å². The van der Waals surface area contributed by atoms with Crippen molar-refractivity contribution in [2.24, 2.45) is 5.73 Å². The van der Waals surface area contributed by atoms with Crippen molar-refractivity contribution < 1.29 is 0 Å². The first kappa shape index (κ1) is 15.4. The maximum atomic E-state index is 5.91. The number of piperidine rings is 1. The van der Waals surface area contributed by atoms with E-state index in [0.717, 1.165) is 12.5 Å². The molecule has 0 amide bonds. The third-order valence-electron chi connectivity index (χ3n) is 4.38. The van der Waals surface area contributed by atoms with Crippen LogP contribution in [0.25, 0.3) is 0 Å². The van der Waals surface area contributed by atoms with Gasteiger partial charge in [0.1, 0.15) is 0 Å². The first-order valence-electron chi connectivity index (χ1n) is 8.23. The molecule has 1 saturated heterocycles. The van der Waals surface area contributed by atoms with Crippen molar-refractivity contribution in [3.05, 3.63) is 29.3 Å². The third kappa shape index (κ3) is 3.76. The van der Waals surface area contributed by atoms with Crippen molar-refractivity contribution in [2.45, 2.75) is 71.4 Å². The van der Waals surface area contributed by atoms with Crippen LogP contribution in [0.1, 0.15) is 57.1 Å². The van der Waals surface area contributed by atoms with E-state index in [1.807, 2.05) is 0 Å². The molecule has 1 aromatic carbocycles. The van der Waals surface area contributed by atoms with Gasteiger partial charge in [0, 0.05) is 24.3 Å². The molecule has 0 spiro atoms. The van der Waals surface area contributed by atoms with Crippen LogP contribution in [0.3, 0.4) is 0 Å².